The predicted molar refractivity (Wildman–Crippen MR) is 112 cm³/mol. The largest absolute Gasteiger partial charge is 0.379 e. The molecule has 1 amide bonds. The number of carbonyl (C=O) groups is 1. The third kappa shape index (κ3) is 4.86. The molecule has 0 spiro atoms. The van der Waals surface area contributed by atoms with Gasteiger partial charge in [0.15, 0.2) is 0 Å². The van der Waals surface area contributed by atoms with Gasteiger partial charge in [0.05, 0.1) is 24.2 Å². The second-order valence-electron chi connectivity index (χ2n) is 7.34. The Morgan fingerprint density at radius 2 is 1.86 bits per heavy atom. The minimum absolute atomic E-state index is 0.131. The first-order valence-corrected chi connectivity index (χ1v) is 11.3. The molecule has 7 heteroatoms. The summed E-state index contributed by atoms with van der Waals surface area (Å²) in [5.41, 5.74) is 3.71. The maximum Gasteiger partial charge on any atom is 0.251 e. The van der Waals surface area contributed by atoms with Gasteiger partial charge in [-0.1, -0.05) is 36.8 Å². The van der Waals surface area contributed by atoms with Crippen LogP contribution in [0.2, 0.25) is 0 Å². The standard InChI is InChI=1S/C22H28N2O4S/c1-4-21(20-9-8-16(2)14-17(20)3)23-22(25)18-6-5-7-19(15-18)29(26,27)24-10-12-28-13-11-24/h5-9,14-15,21H,4,10-13H2,1-3H3,(H,23,25)/t21-/m0/s1. The Kier molecular flexibility index (Phi) is 6.72. The average Bonchev–Trinajstić information content (AvgIpc) is 2.73. The van der Waals surface area contributed by atoms with Crippen molar-refractivity contribution < 1.29 is 17.9 Å². The van der Waals surface area contributed by atoms with Gasteiger partial charge in [-0.25, -0.2) is 8.42 Å². The summed E-state index contributed by atoms with van der Waals surface area (Å²) in [5, 5.41) is 3.05. The monoisotopic (exact) mass is 416 g/mol. The van der Waals surface area contributed by atoms with Gasteiger partial charge in [-0.3, -0.25) is 4.79 Å². The molecule has 0 radical (unpaired) electrons. The molecule has 2 aromatic carbocycles. The van der Waals surface area contributed by atoms with Gasteiger partial charge < -0.3 is 10.1 Å². The van der Waals surface area contributed by atoms with E-state index < -0.39 is 10.0 Å². The van der Waals surface area contributed by atoms with E-state index in [0.29, 0.717) is 31.9 Å². The second-order valence-corrected chi connectivity index (χ2v) is 9.28. The molecule has 0 aliphatic carbocycles. The van der Waals surface area contributed by atoms with Gasteiger partial charge in [0.1, 0.15) is 0 Å². The summed E-state index contributed by atoms with van der Waals surface area (Å²) >= 11 is 0. The van der Waals surface area contributed by atoms with Crippen LogP contribution in [0.3, 0.4) is 0 Å². The van der Waals surface area contributed by atoms with E-state index in [9.17, 15) is 13.2 Å². The number of hydrogen-bond donors (Lipinski definition) is 1. The smallest absolute Gasteiger partial charge is 0.251 e. The van der Waals surface area contributed by atoms with Crippen molar-refractivity contribution in [3.05, 3.63) is 64.7 Å². The van der Waals surface area contributed by atoms with Crippen LogP contribution in [0.1, 0.15) is 46.4 Å². The number of nitrogens with one attached hydrogen (secondary N) is 1. The van der Waals surface area contributed by atoms with Crippen LogP contribution in [0.4, 0.5) is 0 Å². The lowest BCUT2D eigenvalue weighted by atomic mass is 9.97. The number of morpholine rings is 1. The van der Waals surface area contributed by atoms with E-state index >= 15 is 0 Å². The van der Waals surface area contributed by atoms with Crippen LogP contribution in [0.15, 0.2) is 47.4 Å². The Labute approximate surface area is 172 Å². The van der Waals surface area contributed by atoms with Gasteiger partial charge in [0, 0.05) is 18.7 Å². The van der Waals surface area contributed by atoms with E-state index in [1.54, 1.807) is 12.1 Å². The zero-order valence-corrected chi connectivity index (χ0v) is 18.0. The van der Waals surface area contributed by atoms with Crippen molar-refractivity contribution in [2.24, 2.45) is 0 Å². The van der Waals surface area contributed by atoms with Crippen molar-refractivity contribution in [3.8, 4) is 0 Å². The number of amides is 1. The normalized spacial score (nSPS) is 16.4. The first-order chi connectivity index (χ1) is 13.8. The molecule has 1 atom stereocenters. The number of aryl methyl sites for hydroxylation is 2. The highest BCUT2D eigenvalue weighted by atomic mass is 32.2. The SMILES string of the molecule is CC[C@H](NC(=O)c1cccc(S(=O)(=O)N2CCOCC2)c1)c1ccc(C)cc1C. The molecule has 1 fully saturated rings. The summed E-state index contributed by atoms with van der Waals surface area (Å²) in [5.74, 6) is -0.282. The number of rotatable bonds is 6. The summed E-state index contributed by atoms with van der Waals surface area (Å²) < 4.78 is 32.4. The Morgan fingerprint density at radius 1 is 1.14 bits per heavy atom. The summed E-state index contributed by atoms with van der Waals surface area (Å²) in [4.78, 5) is 13.0. The lowest BCUT2D eigenvalue weighted by Gasteiger charge is -2.26. The highest BCUT2D eigenvalue weighted by molar-refractivity contribution is 7.89. The number of benzene rings is 2. The van der Waals surface area contributed by atoms with Crippen LogP contribution in [0, 0.1) is 13.8 Å². The molecular weight excluding hydrogens is 388 g/mol. The third-order valence-corrected chi connectivity index (χ3v) is 7.11. The molecule has 1 aliphatic heterocycles. The lowest BCUT2D eigenvalue weighted by molar-refractivity contribution is 0.0730. The zero-order chi connectivity index (χ0) is 21.0. The number of carbonyl (C=O) groups excluding carboxylic acids is 1. The fraction of sp³-hybridized carbons (Fsp3) is 0.409. The van der Waals surface area contributed by atoms with Gasteiger partial charge in [-0.15, -0.1) is 0 Å². The van der Waals surface area contributed by atoms with E-state index in [4.69, 9.17) is 4.74 Å². The van der Waals surface area contributed by atoms with Crippen molar-refractivity contribution >= 4 is 15.9 Å². The van der Waals surface area contributed by atoms with Crippen molar-refractivity contribution in [1.29, 1.82) is 0 Å². The molecule has 2 aromatic rings. The molecule has 29 heavy (non-hydrogen) atoms. The van der Waals surface area contributed by atoms with Crippen LogP contribution >= 0.6 is 0 Å². The molecule has 0 bridgehead atoms. The van der Waals surface area contributed by atoms with Crippen LogP contribution < -0.4 is 5.32 Å². The summed E-state index contributed by atoms with van der Waals surface area (Å²) in [6.45, 7) is 7.50. The summed E-state index contributed by atoms with van der Waals surface area (Å²) in [7, 11) is -3.64. The van der Waals surface area contributed by atoms with Gasteiger partial charge in [0.2, 0.25) is 10.0 Å². The van der Waals surface area contributed by atoms with Gasteiger partial charge in [-0.05, 0) is 49.6 Å². The maximum absolute atomic E-state index is 12.9. The van der Waals surface area contributed by atoms with Crippen LogP contribution in [-0.2, 0) is 14.8 Å². The van der Waals surface area contributed by atoms with Gasteiger partial charge >= 0.3 is 0 Å². The van der Waals surface area contributed by atoms with E-state index in [2.05, 4.69) is 11.4 Å². The van der Waals surface area contributed by atoms with Crippen molar-refractivity contribution in [2.75, 3.05) is 26.3 Å². The molecule has 6 nitrogen and oxygen atoms in total. The Bertz CT molecular complexity index is 982. The van der Waals surface area contributed by atoms with Crippen molar-refractivity contribution in [1.82, 2.24) is 9.62 Å². The van der Waals surface area contributed by atoms with Crippen LogP contribution in [0.25, 0.3) is 0 Å². The van der Waals surface area contributed by atoms with Gasteiger partial charge in [-0.2, -0.15) is 4.31 Å². The summed E-state index contributed by atoms with van der Waals surface area (Å²) in [6, 6.07) is 12.3. The fourth-order valence-electron chi connectivity index (χ4n) is 3.59. The molecular formula is C22H28N2O4S. The van der Waals surface area contributed by atoms with Crippen LogP contribution in [0.5, 0.6) is 0 Å². The first-order valence-electron chi connectivity index (χ1n) is 9.89. The zero-order valence-electron chi connectivity index (χ0n) is 17.1. The van der Waals surface area contributed by atoms with Crippen molar-refractivity contribution in [3.63, 3.8) is 0 Å². The van der Waals surface area contributed by atoms with Crippen LogP contribution in [-0.4, -0.2) is 44.9 Å². The highest BCUT2D eigenvalue weighted by Crippen LogP contribution is 2.23. The molecule has 1 heterocycles. The van der Waals surface area contributed by atoms with E-state index in [1.165, 1.54) is 22.0 Å². The Balaban J connectivity index is 1.81. The molecule has 156 valence electrons. The van der Waals surface area contributed by atoms with Crippen molar-refractivity contribution in [2.45, 2.75) is 38.1 Å². The van der Waals surface area contributed by atoms with E-state index in [1.807, 2.05) is 32.9 Å². The molecule has 1 saturated heterocycles. The predicted octanol–water partition coefficient (Wildman–Crippen LogP) is 3.21. The molecule has 0 aromatic heterocycles. The Hall–Kier alpha value is -2.22. The topological polar surface area (TPSA) is 75.7 Å². The average molecular weight is 417 g/mol. The molecule has 0 saturated carbocycles. The Morgan fingerprint density at radius 3 is 2.52 bits per heavy atom. The second kappa shape index (κ2) is 9.07. The minimum atomic E-state index is -3.64. The number of sulfonamides is 1. The maximum atomic E-state index is 12.9. The number of nitrogens with zero attached hydrogens (tertiary/aromatic N) is 1. The molecule has 0 unspecified atom stereocenters. The highest BCUT2D eigenvalue weighted by Gasteiger charge is 2.27. The first kappa shape index (κ1) is 21.5. The number of hydrogen-bond acceptors (Lipinski definition) is 4. The third-order valence-electron chi connectivity index (χ3n) is 5.22. The molecule has 3 rings (SSSR count). The molecule has 1 N–H and O–H groups in total. The lowest BCUT2D eigenvalue weighted by Crippen LogP contribution is -2.40. The molecule has 1 aliphatic rings. The minimum Gasteiger partial charge on any atom is -0.379 e. The van der Waals surface area contributed by atoms with Gasteiger partial charge in [0.25, 0.3) is 5.91 Å². The quantitative estimate of drug-likeness (QED) is 0.785. The summed E-state index contributed by atoms with van der Waals surface area (Å²) in [6.07, 6.45) is 0.738. The fourth-order valence-corrected chi connectivity index (χ4v) is 5.05. The van der Waals surface area contributed by atoms with E-state index in [0.717, 1.165) is 17.5 Å². The van der Waals surface area contributed by atoms with E-state index in [-0.39, 0.29) is 16.8 Å². The number of ether oxygens (including phenoxy) is 1.